The first-order chi connectivity index (χ1) is 9.05. The van der Waals surface area contributed by atoms with Gasteiger partial charge in [-0.2, -0.15) is 0 Å². The first-order valence-electron chi connectivity index (χ1n) is 6.24. The molecule has 0 saturated carbocycles. The van der Waals surface area contributed by atoms with Gasteiger partial charge in [0.25, 0.3) is 0 Å². The second kappa shape index (κ2) is 5.26. The molecule has 2 aromatic rings. The summed E-state index contributed by atoms with van der Waals surface area (Å²) in [6.45, 7) is 6.02. The molecule has 1 aromatic heterocycles. The van der Waals surface area contributed by atoms with Crippen LogP contribution in [0.5, 0.6) is 5.75 Å². The Balaban J connectivity index is 2.67. The summed E-state index contributed by atoms with van der Waals surface area (Å²) in [4.78, 5) is 8.84. The van der Waals surface area contributed by atoms with E-state index >= 15 is 0 Å². The lowest BCUT2D eigenvalue weighted by Crippen LogP contribution is -2.00. The molecule has 0 aliphatic rings. The zero-order valence-corrected chi connectivity index (χ0v) is 12.0. The number of methoxy groups -OCH3 is 1. The molecule has 0 saturated heterocycles. The Morgan fingerprint density at radius 2 is 1.79 bits per heavy atom. The van der Waals surface area contributed by atoms with E-state index in [1.807, 2.05) is 26.1 Å². The van der Waals surface area contributed by atoms with Crippen molar-refractivity contribution < 1.29 is 4.74 Å². The molecule has 100 valence electrons. The van der Waals surface area contributed by atoms with E-state index in [0.717, 1.165) is 34.2 Å². The fourth-order valence-electron chi connectivity index (χ4n) is 2.24. The van der Waals surface area contributed by atoms with E-state index in [1.165, 1.54) is 5.56 Å². The molecule has 0 spiro atoms. The Bertz CT molecular complexity index is 609. The molecule has 4 heteroatoms. The van der Waals surface area contributed by atoms with E-state index in [9.17, 15) is 0 Å². The van der Waals surface area contributed by atoms with Gasteiger partial charge in [-0.25, -0.2) is 9.97 Å². The van der Waals surface area contributed by atoms with Crippen molar-refractivity contribution in [3.8, 4) is 17.0 Å². The summed E-state index contributed by atoms with van der Waals surface area (Å²) >= 11 is 0. The van der Waals surface area contributed by atoms with E-state index in [-0.39, 0.29) is 0 Å². The van der Waals surface area contributed by atoms with Crippen LogP contribution in [0.3, 0.4) is 0 Å². The Hall–Kier alpha value is -2.10. The van der Waals surface area contributed by atoms with Crippen LogP contribution in [0, 0.1) is 20.8 Å². The molecule has 0 radical (unpaired) electrons. The number of ether oxygens (including phenoxy) is 1. The standard InChI is InChI=1S/C15H19N3O/c1-9-6-10(2)15(13(7-9)19-5)12-8-14(16-4)18-11(3)17-12/h6-8H,1-5H3,(H,16,17,18). The van der Waals surface area contributed by atoms with Crippen molar-refractivity contribution in [1.29, 1.82) is 0 Å². The molecule has 0 bridgehead atoms. The van der Waals surface area contributed by atoms with Crippen LogP contribution in [0.4, 0.5) is 5.82 Å². The van der Waals surface area contributed by atoms with Crippen LogP contribution < -0.4 is 10.1 Å². The lowest BCUT2D eigenvalue weighted by molar-refractivity contribution is 0.415. The average Bonchev–Trinajstić information content (AvgIpc) is 2.36. The lowest BCUT2D eigenvalue weighted by Gasteiger charge is -2.13. The van der Waals surface area contributed by atoms with Crippen LogP contribution >= 0.6 is 0 Å². The molecule has 19 heavy (non-hydrogen) atoms. The number of benzene rings is 1. The van der Waals surface area contributed by atoms with Crippen LogP contribution in [-0.2, 0) is 0 Å². The second-order valence-electron chi connectivity index (χ2n) is 4.59. The number of aromatic nitrogens is 2. The van der Waals surface area contributed by atoms with E-state index in [1.54, 1.807) is 7.11 Å². The van der Waals surface area contributed by atoms with Crippen molar-refractivity contribution in [2.24, 2.45) is 0 Å². The van der Waals surface area contributed by atoms with Gasteiger partial charge in [-0.05, 0) is 38.0 Å². The predicted molar refractivity (Wildman–Crippen MR) is 77.8 cm³/mol. The van der Waals surface area contributed by atoms with Gasteiger partial charge in [0.1, 0.15) is 17.4 Å². The molecule has 0 unspecified atom stereocenters. The number of nitrogens with zero attached hydrogens (tertiary/aromatic N) is 2. The van der Waals surface area contributed by atoms with Crippen molar-refractivity contribution in [3.63, 3.8) is 0 Å². The van der Waals surface area contributed by atoms with Gasteiger partial charge in [0.15, 0.2) is 0 Å². The first-order valence-corrected chi connectivity index (χ1v) is 6.24. The number of hydrogen-bond donors (Lipinski definition) is 1. The minimum Gasteiger partial charge on any atom is -0.496 e. The van der Waals surface area contributed by atoms with E-state index in [2.05, 4.69) is 35.2 Å². The number of rotatable bonds is 3. The number of nitrogens with one attached hydrogen (secondary N) is 1. The molecule has 1 heterocycles. The minimum absolute atomic E-state index is 0.740. The van der Waals surface area contributed by atoms with Gasteiger partial charge in [-0.1, -0.05) is 6.07 Å². The molecule has 0 amide bonds. The molecule has 0 aliphatic heterocycles. The predicted octanol–water partition coefficient (Wildman–Crippen LogP) is 3.12. The first kappa shape index (κ1) is 13.3. The maximum absolute atomic E-state index is 5.49. The maximum Gasteiger partial charge on any atom is 0.130 e. The van der Waals surface area contributed by atoms with Crippen LogP contribution in [0.2, 0.25) is 0 Å². The van der Waals surface area contributed by atoms with Gasteiger partial charge in [0.05, 0.1) is 12.8 Å². The number of anilines is 1. The fourth-order valence-corrected chi connectivity index (χ4v) is 2.24. The summed E-state index contributed by atoms with van der Waals surface area (Å²) < 4.78 is 5.49. The molecule has 4 nitrogen and oxygen atoms in total. The zero-order valence-electron chi connectivity index (χ0n) is 12.0. The largest absolute Gasteiger partial charge is 0.496 e. The van der Waals surface area contributed by atoms with E-state index < -0.39 is 0 Å². The molecule has 2 rings (SSSR count). The third-order valence-electron chi connectivity index (χ3n) is 3.01. The van der Waals surface area contributed by atoms with Crippen molar-refractivity contribution >= 4 is 5.82 Å². The van der Waals surface area contributed by atoms with Gasteiger partial charge < -0.3 is 10.1 Å². The van der Waals surface area contributed by atoms with Crippen molar-refractivity contribution in [3.05, 3.63) is 35.2 Å². The van der Waals surface area contributed by atoms with Crippen molar-refractivity contribution in [1.82, 2.24) is 9.97 Å². The summed E-state index contributed by atoms with van der Waals surface area (Å²) in [5, 5.41) is 3.05. The maximum atomic E-state index is 5.49. The summed E-state index contributed by atoms with van der Waals surface area (Å²) in [5.74, 6) is 2.39. The third kappa shape index (κ3) is 2.67. The Morgan fingerprint density at radius 3 is 2.42 bits per heavy atom. The van der Waals surface area contributed by atoms with Crippen molar-refractivity contribution in [2.45, 2.75) is 20.8 Å². The topological polar surface area (TPSA) is 47.0 Å². The fraction of sp³-hybridized carbons (Fsp3) is 0.333. The highest BCUT2D eigenvalue weighted by Gasteiger charge is 2.13. The normalized spacial score (nSPS) is 10.4. The summed E-state index contributed by atoms with van der Waals surface area (Å²) in [6, 6.07) is 6.10. The van der Waals surface area contributed by atoms with Gasteiger partial charge in [0.2, 0.25) is 0 Å². The number of hydrogen-bond acceptors (Lipinski definition) is 4. The molecule has 0 fully saturated rings. The second-order valence-corrected chi connectivity index (χ2v) is 4.59. The molecule has 0 atom stereocenters. The van der Waals surface area contributed by atoms with Gasteiger partial charge in [-0.15, -0.1) is 0 Å². The Kier molecular flexibility index (Phi) is 3.69. The Labute approximate surface area is 113 Å². The summed E-state index contributed by atoms with van der Waals surface area (Å²) in [7, 11) is 3.54. The molecular formula is C15H19N3O. The molecule has 0 aliphatic carbocycles. The highest BCUT2D eigenvalue weighted by Crippen LogP contribution is 2.33. The summed E-state index contributed by atoms with van der Waals surface area (Å²) in [5.41, 5.74) is 4.23. The van der Waals surface area contributed by atoms with Gasteiger partial charge in [-0.3, -0.25) is 0 Å². The SMILES string of the molecule is CNc1cc(-c2c(C)cc(C)cc2OC)nc(C)n1. The molecule has 1 N–H and O–H groups in total. The van der Waals surface area contributed by atoms with Crippen LogP contribution in [0.1, 0.15) is 17.0 Å². The quantitative estimate of drug-likeness (QED) is 0.917. The monoisotopic (exact) mass is 257 g/mol. The van der Waals surface area contributed by atoms with E-state index in [4.69, 9.17) is 4.74 Å². The highest BCUT2D eigenvalue weighted by molar-refractivity contribution is 5.73. The average molecular weight is 257 g/mol. The van der Waals surface area contributed by atoms with Crippen LogP contribution in [0.15, 0.2) is 18.2 Å². The third-order valence-corrected chi connectivity index (χ3v) is 3.01. The van der Waals surface area contributed by atoms with E-state index in [0.29, 0.717) is 0 Å². The minimum atomic E-state index is 0.740. The van der Waals surface area contributed by atoms with Gasteiger partial charge in [0, 0.05) is 18.7 Å². The number of aryl methyl sites for hydroxylation is 3. The van der Waals surface area contributed by atoms with Crippen LogP contribution in [0.25, 0.3) is 11.3 Å². The Morgan fingerprint density at radius 1 is 1.05 bits per heavy atom. The zero-order chi connectivity index (χ0) is 14.0. The molecule has 1 aromatic carbocycles. The summed E-state index contributed by atoms with van der Waals surface area (Å²) in [6.07, 6.45) is 0. The molecular weight excluding hydrogens is 238 g/mol. The lowest BCUT2D eigenvalue weighted by atomic mass is 10.0. The van der Waals surface area contributed by atoms with Crippen molar-refractivity contribution in [2.75, 3.05) is 19.5 Å². The van der Waals surface area contributed by atoms with Crippen LogP contribution in [-0.4, -0.2) is 24.1 Å². The smallest absolute Gasteiger partial charge is 0.130 e. The highest BCUT2D eigenvalue weighted by atomic mass is 16.5. The van der Waals surface area contributed by atoms with Gasteiger partial charge >= 0.3 is 0 Å².